The molecule has 1 aliphatic rings. The molecular weight excluding hydrogens is 178 g/mol. The normalized spacial score (nSPS) is 18.4. The molecule has 1 saturated heterocycles. The summed E-state index contributed by atoms with van der Waals surface area (Å²) in [5, 5.41) is 7.82. The Hall–Kier alpha value is -1.03. The molecule has 0 bridgehead atoms. The van der Waals surface area contributed by atoms with Crippen molar-refractivity contribution in [2.45, 2.75) is 18.8 Å². The molecule has 1 N–H and O–H groups in total. The molecule has 78 valence electrons. The van der Waals surface area contributed by atoms with E-state index in [1.807, 2.05) is 7.05 Å². The predicted molar refractivity (Wildman–Crippen MR) is 54.6 cm³/mol. The van der Waals surface area contributed by atoms with Crippen molar-refractivity contribution in [2.75, 3.05) is 20.2 Å². The second-order valence-corrected chi connectivity index (χ2v) is 3.76. The third kappa shape index (κ3) is 1.75. The Bertz CT molecular complexity index is 302. The van der Waals surface area contributed by atoms with E-state index < -0.39 is 0 Å². The monoisotopic (exact) mass is 195 g/mol. The van der Waals surface area contributed by atoms with Gasteiger partial charge in [-0.3, -0.25) is 0 Å². The van der Waals surface area contributed by atoms with Crippen LogP contribution in [-0.2, 0) is 7.05 Å². The lowest BCUT2D eigenvalue weighted by Gasteiger charge is -2.20. The van der Waals surface area contributed by atoms with E-state index in [0.29, 0.717) is 5.92 Å². The maximum Gasteiger partial charge on any atom is 0.211 e. The van der Waals surface area contributed by atoms with Gasteiger partial charge in [-0.05, 0) is 25.9 Å². The Morgan fingerprint density at radius 3 is 2.79 bits per heavy atom. The highest BCUT2D eigenvalue weighted by Gasteiger charge is 2.19. The maximum absolute atomic E-state index is 5.20. The number of ether oxygens (including phenoxy) is 1. The minimum Gasteiger partial charge on any atom is -0.481 e. The van der Waals surface area contributed by atoms with Gasteiger partial charge in [0.05, 0.1) is 12.8 Å². The topological polar surface area (TPSA) is 39.1 Å². The summed E-state index contributed by atoms with van der Waals surface area (Å²) < 4.78 is 7.00. The van der Waals surface area contributed by atoms with Gasteiger partial charge in [-0.2, -0.15) is 5.10 Å². The Morgan fingerprint density at radius 1 is 1.50 bits per heavy atom. The summed E-state index contributed by atoms with van der Waals surface area (Å²) in [6.45, 7) is 2.20. The number of aryl methyl sites for hydroxylation is 1. The van der Waals surface area contributed by atoms with E-state index in [2.05, 4.69) is 16.5 Å². The first-order chi connectivity index (χ1) is 6.81. The van der Waals surface area contributed by atoms with Crippen molar-refractivity contribution in [1.82, 2.24) is 15.1 Å². The third-order valence-electron chi connectivity index (χ3n) is 2.82. The Labute approximate surface area is 84.3 Å². The zero-order valence-corrected chi connectivity index (χ0v) is 8.79. The minimum atomic E-state index is 0.603. The fourth-order valence-electron chi connectivity index (χ4n) is 1.98. The molecule has 0 radical (unpaired) electrons. The van der Waals surface area contributed by atoms with Crippen LogP contribution in [0.2, 0.25) is 0 Å². The number of rotatable bonds is 2. The predicted octanol–water partition coefficient (Wildman–Crippen LogP) is 0.896. The number of hydrogen-bond acceptors (Lipinski definition) is 3. The maximum atomic E-state index is 5.20. The largest absolute Gasteiger partial charge is 0.481 e. The highest BCUT2D eigenvalue weighted by atomic mass is 16.5. The standard InChI is InChI=1S/C10H17N3O/c1-13-10(14-2)7-9(12-13)8-3-5-11-6-4-8/h7-8,11H,3-6H2,1-2H3. The molecule has 0 saturated carbocycles. The van der Waals surface area contributed by atoms with Crippen LogP contribution in [0.15, 0.2) is 6.07 Å². The SMILES string of the molecule is COc1cc(C2CCNCC2)nn1C. The van der Waals surface area contributed by atoms with Crippen LogP contribution in [0.5, 0.6) is 5.88 Å². The van der Waals surface area contributed by atoms with Gasteiger partial charge in [0, 0.05) is 19.0 Å². The van der Waals surface area contributed by atoms with E-state index in [-0.39, 0.29) is 0 Å². The van der Waals surface area contributed by atoms with E-state index >= 15 is 0 Å². The van der Waals surface area contributed by atoms with Crippen LogP contribution in [0.4, 0.5) is 0 Å². The molecule has 0 spiro atoms. The van der Waals surface area contributed by atoms with Crippen molar-refractivity contribution in [2.24, 2.45) is 7.05 Å². The molecule has 0 unspecified atom stereocenters. The second-order valence-electron chi connectivity index (χ2n) is 3.76. The summed E-state index contributed by atoms with van der Waals surface area (Å²) in [6.07, 6.45) is 2.36. The minimum absolute atomic E-state index is 0.603. The highest BCUT2D eigenvalue weighted by Crippen LogP contribution is 2.26. The molecular formula is C10H17N3O. The smallest absolute Gasteiger partial charge is 0.211 e. The van der Waals surface area contributed by atoms with Crippen molar-refractivity contribution in [3.8, 4) is 5.88 Å². The first-order valence-electron chi connectivity index (χ1n) is 5.10. The lowest BCUT2D eigenvalue weighted by Crippen LogP contribution is -2.26. The molecule has 4 nitrogen and oxygen atoms in total. The van der Waals surface area contributed by atoms with E-state index in [1.165, 1.54) is 18.5 Å². The van der Waals surface area contributed by atoms with Crippen LogP contribution in [-0.4, -0.2) is 30.0 Å². The van der Waals surface area contributed by atoms with Crippen molar-refractivity contribution >= 4 is 0 Å². The number of nitrogens with zero attached hydrogens (tertiary/aromatic N) is 2. The van der Waals surface area contributed by atoms with Gasteiger partial charge in [-0.1, -0.05) is 0 Å². The molecule has 0 aliphatic carbocycles. The summed E-state index contributed by atoms with van der Waals surface area (Å²) in [6, 6.07) is 2.05. The number of hydrogen-bond donors (Lipinski definition) is 1. The fraction of sp³-hybridized carbons (Fsp3) is 0.700. The van der Waals surface area contributed by atoms with Gasteiger partial charge < -0.3 is 10.1 Å². The van der Waals surface area contributed by atoms with Gasteiger partial charge in [0.25, 0.3) is 0 Å². The van der Waals surface area contributed by atoms with Crippen LogP contribution in [0, 0.1) is 0 Å². The average Bonchev–Trinajstić information content (AvgIpc) is 2.61. The van der Waals surface area contributed by atoms with Gasteiger partial charge in [0.1, 0.15) is 0 Å². The van der Waals surface area contributed by atoms with Gasteiger partial charge in [-0.25, -0.2) is 4.68 Å². The van der Waals surface area contributed by atoms with Crippen LogP contribution in [0.1, 0.15) is 24.5 Å². The molecule has 0 aromatic carbocycles. The van der Waals surface area contributed by atoms with E-state index in [1.54, 1.807) is 11.8 Å². The van der Waals surface area contributed by atoms with E-state index in [0.717, 1.165) is 19.0 Å². The summed E-state index contributed by atoms with van der Waals surface area (Å²) in [4.78, 5) is 0. The molecule has 1 aromatic heterocycles. The van der Waals surface area contributed by atoms with Crippen LogP contribution >= 0.6 is 0 Å². The average molecular weight is 195 g/mol. The second kappa shape index (κ2) is 4.00. The van der Waals surface area contributed by atoms with Crippen molar-refractivity contribution in [3.05, 3.63) is 11.8 Å². The molecule has 2 rings (SSSR count). The number of methoxy groups -OCH3 is 1. The summed E-state index contributed by atoms with van der Waals surface area (Å²) in [7, 11) is 3.60. The quantitative estimate of drug-likeness (QED) is 0.762. The van der Waals surface area contributed by atoms with Crippen LogP contribution in [0.25, 0.3) is 0 Å². The molecule has 14 heavy (non-hydrogen) atoms. The molecule has 4 heteroatoms. The van der Waals surface area contributed by atoms with Crippen LogP contribution < -0.4 is 10.1 Å². The Kier molecular flexibility index (Phi) is 2.72. The highest BCUT2D eigenvalue weighted by molar-refractivity contribution is 5.19. The Morgan fingerprint density at radius 2 is 2.21 bits per heavy atom. The third-order valence-corrected chi connectivity index (χ3v) is 2.82. The molecule has 0 atom stereocenters. The van der Waals surface area contributed by atoms with Crippen molar-refractivity contribution in [3.63, 3.8) is 0 Å². The Balaban J connectivity index is 2.14. The summed E-state index contributed by atoms with van der Waals surface area (Å²) in [5.41, 5.74) is 1.17. The van der Waals surface area contributed by atoms with E-state index in [4.69, 9.17) is 4.74 Å². The lowest BCUT2D eigenvalue weighted by atomic mass is 9.95. The number of nitrogens with one attached hydrogen (secondary N) is 1. The fourth-order valence-corrected chi connectivity index (χ4v) is 1.98. The van der Waals surface area contributed by atoms with Gasteiger partial charge in [0.15, 0.2) is 0 Å². The van der Waals surface area contributed by atoms with E-state index in [9.17, 15) is 0 Å². The van der Waals surface area contributed by atoms with Gasteiger partial charge in [-0.15, -0.1) is 0 Å². The van der Waals surface area contributed by atoms with Crippen LogP contribution in [0.3, 0.4) is 0 Å². The zero-order chi connectivity index (χ0) is 9.97. The number of piperidine rings is 1. The molecule has 0 amide bonds. The summed E-state index contributed by atoms with van der Waals surface area (Å²) in [5.74, 6) is 1.45. The summed E-state index contributed by atoms with van der Waals surface area (Å²) >= 11 is 0. The van der Waals surface area contributed by atoms with Crippen molar-refractivity contribution < 1.29 is 4.74 Å². The molecule has 1 aromatic rings. The lowest BCUT2D eigenvalue weighted by molar-refractivity contribution is 0.373. The number of aromatic nitrogens is 2. The van der Waals surface area contributed by atoms with Crippen molar-refractivity contribution in [1.29, 1.82) is 0 Å². The molecule has 1 fully saturated rings. The molecule has 1 aliphatic heterocycles. The first kappa shape index (κ1) is 9.52. The van der Waals surface area contributed by atoms with Gasteiger partial charge >= 0.3 is 0 Å². The zero-order valence-electron chi connectivity index (χ0n) is 8.79. The van der Waals surface area contributed by atoms with Gasteiger partial charge in [0.2, 0.25) is 5.88 Å². The molecule has 2 heterocycles. The first-order valence-corrected chi connectivity index (χ1v) is 5.10.